The molecule has 83 valence electrons. The number of amides is 1. The molecule has 4 heteroatoms. The zero-order chi connectivity index (χ0) is 11.5. The number of hydrogen-bond acceptors (Lipinski definition) is 3. The fraction of sp³-hybridized carbons (Fsp3) is 0.333. The van der Waals surface area contributed by atoms with Crippen LogP contribution in [-0.2, 0) is 9.59 Å². The normalized spacial score (nSPS) is 23.9. The van der Waals surface area contributed by atoms with E-state index in [1.807, 2.05) is 24.3 Å². The van der Waals surface area contributed by atoms with Crippen LogP contribution >= 0.6 is 0 Å². The van der Waals surface area contributed by atoms with Crippen molar-refractivity contribution in [2.45, 2.75) is 5.92 Å². The smallest absolute Gasteiger partial charge is 0.231 e. The number of carbonyl (C=O) groups is 1. The van der Waals surface area contributed by atoms with Gasteiger partial charge in [-0.2, -0.15) is 0 Å². The third-order valence-electron chi connectivity index (χ3n) is 2.85. The molecule has 1 N–H and O–H groups in total. The average Bonchev–Trinajstić information content (AvgIpc) is 2.70. The molecule has 0 spiro atoms. The van der Waals surface area contributed by atoms with Crippen molar-refractivity contribution in [2.24, 2.45) is 5.92 Å². The predicted octanol–water partition coefficient (Wildman–Crippen LogP) is 0.634. The van der Waals surface area contributed by atoms with Crippen molar-refractivity contribution >= 4 is 12.2 Å². The molecule has 0 bridgehead atoms. The fourth-order valence-corrected chi connectivity index (χ4v) is 1.92. The van der Waals surface area contributed by atoms with Gasteiger partial charge in [-0.15, -0.1) is 0 Å². The lowest BCUT2D eigenvalue weighted by atomic mass is 9.89. The summed E-state index contributed by atoms with van der Waals surface area (Å²) in [5.41, 5.74) is 0.951. The number of carbonyl (C=O) groups excluding carboxylic acids is 2. The highest BCUT2D eigenvalue weighted by Gasteiger charge is 2.35. The first-order valence-corrected chi connectivity index (χ1v) is 5.05. The first-order chi connectivity index (χ1) is 7.76. The van der Waals surface area contributed by atoms with E-state index in [1.54, 1.807) is 13.4 Å². The topological polar surface area (TPSA) is 55.4 Å². The van der Waals surface area contributed by atoms with Gasteiger partial charge in [0.2, 0.25) is 12.2 Å². The second-order valence-electron chi connectivity index (χ2n) is 3.72. The maximum Gasteiger partial charge on any atom is 0.231 e. The standard InChI is InChI=1S/C12H12NO3/c1-16-9-4-2-8(3-5-9)10-6-13-12(15)11(10)7-14/h2-5,10-11H,6H2,1H3,(H,13,15). The Morgan fingerprint density at radius 2 is 2.06 bits per heavy atom. The van der Waals surface area contributed by atoms with Crippen molar-refractivity contribution in [3.05, 3.63) is 29.8 Å². The summed E-state index contributed by atoms with van der Waals surface area (Å²) in [5, 5.41) is 2.67. The molecule has 2 atom stereocenters. The van der Waals surface area contributed by atoms with E-state index in [0.29, 0.717) is 6.54 Å². The molecule has 16 heavy (non-hydrogen) atoms. The van der Waals surface area contributed by atoms with Crippen LogP contribution in [-0.4, -0.2) is 25.8 Å². The van der Waals surface area contributed by atoms with Gasteiger partial charge in [0, 0.05) is 12.5 Å². The Balaban J connectivity index is 2.23. The second kappa shape index (κ2) is 4.35. The van der Waals surface area contributed by atoms with Crippen molar-refractivity contribution in [1.82, 2.24) is 5.32 Å². The number of nitrogens with one attached hydrogen (secondary N) is 1. The van der Waals surface area contributed by atoms with E-state index in [4.69, 9.17) is 4.74 Å². The van der Waals surface area contributed by atoms with Crippen LogP contribution in [0.5, 0.6) is 5.75 Å². The molecule has 2 rings (SSSR count). The number of rotatable bonds is 3. The fourth-order valence-electron chi connectivity index (χ4n) is 1.92. The maximum absolute atomic E-state index is 11.3. The first kappa shape index (κ1) is 10.7. The van der Waals surface area contributed by atoms with Crippen molar-refractivity contribution in [3.8, 4) is 5.75 Å². The van der Waals surface area contributed by atoms with Crippen molar-refractivity contribution < 1.29 is 14.3 Å². The monoisotopic (exact) mass is 218 g/mol. The average molecular weight is 218 g/mol. The lowest BCUT2D eigenvalue weighted by molar-refractivity contribution is -0.120. The minimum Gasteiger partial charge on any atom is -0.497 e. The number of methoxy groups -OCH3 is 1. The summed E-state index contributed by atoms with van der Waals surface area (Å²) in [6.45, 7) is 0.491. The number of benzene rings is 1. The zero-order valence-corrected chi connectivity index (χ0v) is 8.90. The Kier molecular flexibility index (Phi) is 2.90. The van der Waals surface area contributed by atoms with Crippen LogP contribution in [0.25, 0.3) is 0 Å². The lowest BCUT2D eigenvalue weighted by Gasteiger charge is -2.11. The van der Waals surface area contributed by atoms with Gasteiger partial charge >= 0.3 is 0 Å². The van der Waals surface area contributed by atoms with E-state index in [1.165, 1.54) is 0 Å². The molecular weight excluding hydrogens is 206 g/mol. The minimum atomic E-state index is -0.687. The number of hydrogen-bond donors (Lipinski definition) is 1. The third kappa shape index (κ3) is 1.78. The van der Waals surface area contributed by atoms with Crippen LogP contribution in [0.2, 0.25) is 0 Å². The van der Waals surface area contributed by atoms with E-state index in [9.17, 15) is 9.59 Å². The molecule has 0 aliphatic carbocycles. The highest BCUT2D eigenvalue weighted by Crippen LogP contribution is 2.28. The van der Waals surface area contributed by atoms with Gasteiger partial charge in [0.15, 0.2) is 0 Å². The Morgan fingerprint density at radius 3 is 2.62 bits per heavy atom. The molecule has 0 saturated carbocycles. The summed E-state index contributed by atoms with van der Waals surface area (Å²) in [6.07, 6.45) is 1.80. The quantitative estimate of drug-likeness (QED) is 0.757. The molecule has 1 saturated heterocycles. The Hall–Kier alpha value is -1.84. The van der Waals surface area contributed by atoms with Gasteiger partial charge in [-0.1, -0.05) is 12.1 Å². The molecule has 1 heterocycles. The van der Waals surface area contributed by atoms with E-state index >= 15 is 0 Å². The van der Waals surface area contributed by atoms with Gasteiger partial charge in [-0.3, -0.25) is 9.59 Å². The van der Waals surface area contributed by atoms with Crippen LogP contribution in [0.1, 0.15) is 11.5 Å². The zero-order valence-electron chi connectivity index (χ0n) is 8.90. The van der Waals surface area contributed by atoms with Crippen molar-refractivity contribution in [1.29, 1.82) is 0 Å². The summed E-state index contributed by atoms with van der Waals surface area (Å²) in [5.74, 6) is -0.284. The molecule has 1 fully saturated rings. The van der Waals surface area contributed by atoms with E-state index in [0.717, 1.165) is 11.3 Å². The molecule has 1 amide bonds. The van der Waals surface area contributed by atoms with Gasteiger partial charge in [-0.05, 0) is 17.7 Å². The minimum absolute atomic E-state index is 0.115. The van der Waals surface area contributed by atoms with Crippen LogP contribution < -0.4 is 10.1 Å². The second-order valence-corrected chi connectivity index (χ2v) is 3.72. The molecule has 4 nitrogen and oxygen atoms in total. The van der Waals surface area contributed by atoms with Crippen LogP contribution in [0, 0.1) is 5.92 Å². The summed E-state index contributed by atoms with van der Waals surface area (Å²) >= 11 is 0. The van der Waals surface area contributed by atoms with Gasteiger partial charge < -0.3 is 10.1 Å². The van der Waals surface area contributed by atoms with E-state index < -0.39 is 5.92 Å². The molecule has 1 aromatic rings. The molecule has 0 aromatic heterocycles. The van der Waals surface area contributed by atoms with Gasteiger partial charge in [0.1, 0.15) is 11.7 Å². The van der Waals surface area contributed by atoms with Gasteiger partial charge in [0.25, 0.3) is 0 Å². The van der Waals surface area contributed by atoms with Crippen LogP contribution in [0.15, 0.2) is 24.3 Å². The predicted molar refractivity (Wildman–Crippen MR) is 57.9 cm³/mol. The molecule has 2 unspecified atom stereocenters. The molecule has 1 aromatic carbocycles. The van der Waals surface area contributed by atoms with Crippen molar-refractivity contribution in [3.63, 3.8) is 0 Å². The van der Waals surface area contributed by atoms with Gasteiger partial charge in [0.05, 0.1) is 7.11 Å². The first-order valence-electron chi connectivity index (χ1n) is 5.05. The molecule has 1 radical (unpaired) electrons. The highest BCUT2D eigenvalue weighted by molar-refractivity contribution is 5.95. The van der Waals surface area contributed by atoms with Crippen LogP contribution in [0.3, 0.4) is 0 Å². The number of ether oxygens (including phenoxy) is 1. The Labute approximate surface area is 93.6 Å². The van der Waals surface area contributed by atoms with E-state index in [-0.39, 0.29) is 11.8 Å². The van der Waals surface area contributed by atoms with Crippen LogP contribution in [0.4, 0.5) is 0 Å². The maximum atomic E-state index is 11.3. The molecular formula is C12H12NO3. The van der Waals surface area contributed by atoms with Gasteiger partial charge in [-0.25, -0.2) is 0 Å². The summed E-state index contributed by atoms with van der Waals surface area (Å²) in [6, 6.07) is 7.38. The third-order valence-corrected chi connectivity index (χ3v) is 2.85. The summed E-state index contributed by atoms with van der Waals surface area (Å²) in [7, 11) is 1.59. The Bertz CT molecular complexity index is 399. The molecule has 1 aliphatic heterocycles. The summed E-state index contributed by atoms with van der Waals surface area (Å²) in [4.78, 5) is 22.0. The Morgan fingerprint density at radius 1 is 1.38 bits per heavy atom. The highest BCUT2D eigenvalue weighted by atomic mass is 16.5. The van der Waals surface area contributed by atoms with Crippen molar-refractivity contribution in [2.75, 3.05) is 13.7 Å². The lowest BCUT2D eigenvalue weighted by Crippen LogP contribution is -2.20. The SMILES string of the molecule is COc1ccc(C2CNC(=O)C2[C]=O)cc1. The summed E-state index contributed by atoms with van der Waals surface area (Å²) < 4.78 is 5.05. The largest absolute Gasteiger partial charge is 0.497 e. The van der Waals surface area contributed by atoms with E-state index in [2.05, 4.69) is 5.32 Å². The molecule has 1 aliphatic rings.